The molecule has 2 aromatic rings. The number of sulfonamides is 1. The number of amides is 1. The third-order valence-electron chi connectivity index (χ3n) is 4.37. The molecule has 1 amide bonds. The van der Waals surface area contributed by atoms with Crippen LogP contribution in [-0.2, 0) is 27.8 Å². The highest BCUT2D eigenvalue weighted by Gasteiger charge is 2.28. The number of rotatable bonds is 6. The SMILES string of the molecule is CCNC(=O)COc1ccc(S(=O)(=O)N2CCc3ccccc3C2)cc1Cl. The standard InChI is InChI=1S/C19H21ClN2O4S/c1-2-21-19(23)13-26-18-8-7-16(11-17(18)20)27(24,25)22-10-9-14-5-3-4-6-15(14)12-22/h3-8,11H,2,9-10,12-13H2,1H3,(H,21,23). The largest absolute Gasteiger partial charge is 0.482 e. The number of benzene rings is 2. The Balaban J connectivity index is 1.76. The number of likely N-dealkylation sites (N-methyl/N-ethyl adjacent to an activating group) is 1. The molecule has 6 nitrogen and oxygen atoms in total. The average Bonchev–Trinajstić information content (AvgIpc) is 2.66. The van der Waals surface area contributed by atoms with Crippen molar-refractivity contribution in [2.45, 2.75) is 24.8 Å². The summed E-state index contributed by atoms with van der Waals surface area (Å²) < 4.78 is 32.8. The summed E-state index contributed by atoms with van der Waals surface area (Å²) in [6.45, 7) is 2.90. The maximum atomic E-state index is 13.0. The first-order valence-electron chi connectivity index (χ1n) is 8.68. The van der Waals surface area contributed by atoms with Crippen molar-refractivity contribution in [1.82, 2.24) is 9.62 Å². The van der Waals surface area contributed by atoms with E-state index < -0.39 is 10.0 Å². The second-order valence-electron chi connectivity index (χ2n) is 6.19. The first-order valence-corrected chi connectivity index (χ1v) is 10.5. The van der Waals surface area contributed by atoms with E-state index in [0.717, 1.165) is 5.56 Å². The molecule has 0 saturated carbocycles. The second-order valence-corrected chi connectivity index (χ2v) is 8.54. The van der Waals surface area contributed by atoms with Crippen LogP contribution in [0.5, 0.6) is 5.75 Å². The van der Waals surface area contributed by atoms with Gasteiger partial charge >= 0.3 is 0 Å². The molecule has 0 bridgehead atoms. The van der Waals surface area contributed by atoms with Crippen molar-refractivity contribution in [1.29, 1.82) is 0 Å². The molecular formula is C19H21ClN2O4S. The average molecular weight is 409 g/mol. The maximum Gasteiger partial charge on any atom is 0.257 e. The Hall–Kier alpha value is -2.09. The maximum absolute atomic E-state index is 13.0. The minimum absolute atomic E-state index is 0.109. The van der Waals surface area contributed by atoms with Gasteiger partial charge in [0.1, 0.15) is 5.75 Å². The number of carbonyl (C=O) groups excluding carboxylic acids is 1. The number of fused-ring (bicyclic) bond motifs is 1. The van der Waals surface area contributed by atoms with Gasteiger partial charge in [0.15, 0.2) is 6.61 Å². The summed E-state index contributed by atoms with van der Waals surface area (Å²) >= 11 is 6.18. The molecule has 0 saturated heterocycles. The molecule has 3 rings (SSSR count). The van der Waals surface area contributed by atoms with Gasteiger partial charge in [0.05, 0.1) is 9.92 Å². The van der Waals surface area contributed by atoms with E-state index in [1.54, 1.807) is 0 Å². The summed E-state index contributed by atoms with van der Waals surface area (Å²) in [5, 5.41) is 2.76. The van der Waals surface area contributed by atoms with Gasteiger partial charge in [-0.2, -0.15) is 4.31 Å². The molecule has 0 unspecified atom stereocenters. The van der Waals surface area contributed by atoms with Gasteiger partial charge in [-0.3, -0.25) is 4.79 Å². The third kappa shape index (κ3) is 4.43. The van der Waals surface area contributed by atoms with Crippen LogP contribution in [0.25, 0.3) is 0 Å². The molecule has 1 aliphatic rings. The number of halogens is 1. The number of ether oxygens (including phenoxy) is 1. The zero-order valence-corrected chi connectivity index (χ0v) is 16.5. The van der Waals surface area contributed by atoms with E-state index in [1.807, 2.05) is 31.2 Å². The van der Waals surface area contributed by atoms with Gasteiger partial charge in [-0.25, -0.2) is 8.42 Å². The van der Waals surface area contributed by atoms with Crippen molar-refractivity contribution in [3.63, 3.8) is 0 Å². The molecule has 0 aliphatic carbocycles. The lowest BCUT2D eigenvalue weighted by Crippen LogP contribution is -2.35. The van der Waals surface area contributed by atoms with Crippen molar-refractivity contribution < 1.29 is 17.9 Å². The molecule has 0 aromatic heterocycles. The van der Waals surface area contributed by atoms with Crippen LogP contribution in [0.2, 0.25) is 5.02 Å². The van der Waals surface area contributed by atoms with E-state index in [9.17, 15) is 13.2 Å². The van der Waals surface area contributed by atoms with Crippen LogP contribution >= 0.6 is 11.6 Å². The zero-order chi connectivity index (χ0) is 19.4. The van der Waals surface area contributed by atoms with E-state index in [1.165, 1.54) is 28.1 Å². The first-order chi connectivity index (χ1) is 12.9. The monoisotopic (exact) mass is 408 g/mol. The quantitative estimate of drug-likeness (QED) is 0.797. The molecule has 0 atom stereocenters. The number of nitrogens with zero attached hydrogens (tertiary/aromatic N) is 1. The molecule has 144 valence electrons. The smallest absolute Gasteiger partial charge is 0.257 e. The Morgan fingerprint density at radius 1 is 1.22 bits per heavy atom. The number of hydrogen-bond donors (Lipinski definition) is 1. The van der Waals surface area contributed by atoms with Gasteiger partial charge < -0.3 is 10.1 Å². The molecule has 1 aliphatic heterocycles. The third-order valence-corrected chi connectivity index (χ3v) is 6.51. The van der Waals surface area contributed by atoms with Crippen LogP contribution in [0.1, 0.15) is 18.1 Å². The van der Waals surface area contributed by atoms with E-state index in [2.05, 4.69) is 5.32 Å². The topological polar surface area (TPSA) is 75.7 Å². The Morgan fingerprint density at radius 3 is 2.67 bits per heavy atom. The van der Waals surface area contributed by atoms with Crippen LogP contribution in [0, 0.1) is 0 Å². The predicted octanol–water partition coefficient (Wildman–Crippen LogP) is 2.60. The molecule has 1 N–H and O–H groups in total. The number of hydrogen-bond acceptors (Lipinski definition) is 4. The summed E-state index contributed by atoms with van der Waals surface area (Å²) in [6.07, 6.45) is 0.677. The molecule has 1 heterocycles. The van der Waals surface area contributed by atoms with E-state index in [-0.39, 0.29) is 28.2 Å². The van der Waals surface area contributed by atoms with Crippen LogP contribution in [0.15, 0.2) is 47.4 Å². The van der Waals surface area contributed by atoms with Crippen LogP contribution in [0.3, 0.4) is 0 Å². The zero-order valence-electron chi connectivity index (χ0n) is 14.9. The van der Waals surface area contributed by atoms with Crippen molar-refractivity contribution >= 4 is 27.5 Å². The molecule has 2 aromatic carbocycles. The Labute approximate surface area is 164 Å². The van der Waals surface area contributed by atoms with E-state index >= 15 is 0 Å². The summed E-state index contributed by atoms with van der Waals surface area (Å²) in [7, 11) is -3.67. The fourth-order valence-electron chi connectivity index (χ4n) is 2.97. The fraction of sp³-hybridized carbons (Fsp3) is 0.316. The van der Waals surface area contributed by atoms with Crippen LogP contribution in [0.4, 0.5) is 0 Å². The van der Waals surface area contributed by atoms with E-state index in [4.69, 9.17) is 16.3 Å². The summed E-state index contributed by atoms with van der Waals surface area (Å²) in [4.78, 5) is 11.6. The highest BCUT2D eigenvalue weighted by Crippen LogP contribution is 2.30. The fourth-order valence-corrected chi connectivity index (χ4v) is 4.72. The highest BCUT2D eigenvalue weighted by molar-refractivity contribution is 7.89. The molecule has 27 heavy (non-hydrogen) atoms. The van der Waals surface area contributed by atoms with Gasteiger partial charge in [0, 0.05) is 19.6 Å². The van der Waals surface area contributed by atoms with Crippen molar-refractivity contribution in [2.75, 3.05) is 19.7 Å². The van der Waals surface area contributed by atoms with Gasteiger partial charge in [0.2, 0.25) is 10.0 Å². The van der Waals surface area contributed by atoms with E-state index in [0.29, 0.717) is 26.1 Å². The molecule has 8 heteroatoms. The highest BCUT2D eigenvalue weighted by atomic mass is 35.5. The Bertz CT molecular complexity index is 946. The summed E-state index contributed by atoms with van der Waals surface area (Å²) in [6, 6.07) is 12.1. The molecular weight excluding hydrogens is 388 g/mol. The minimum atomic E-state index is -3.67. The molecule has 0 radical (unpaired) electrons. The normalized spacial score (nSPS) is 14.4. The first kappa shape index (κ1) is 19.7. The number of nitrogens with one attached hydrogen (secondary N) is 1. The lowest BCUT2D eigenvalue weighted by Gasteiger charge is -2.28. The van der Waals surface area contributed by atoms with Crippen molar-refractivity contribution in [2.24, 2.45) is 0 Å². The predicted molar refractivity (Wildman–Crippen MR) is 103 cm³/mol. The number of carbonyl (C=O) groups is 1. The van der Waals surface area contributed by atoms with Gasteiger partial charge in [-0.1, -0.05) is 35.9 Å². The van der Waals surface area contributed by atoms with Crippen molar-refractivity contribution in [3.8, 4) is 5.75 Å². The summed E-state index contributed by atoms with van der Waals surface area (Å²) in [5.41, 5.74) is 2.19. The second kappa shape index (κ2) is 8.29. The Kier molecular flexibility index (Phi) is 6.04. The van der Waals surface area contributed by atoms with Gasteiger partial charge in [0.25, 0.3) is 5.91 Å². The Morgan fingerprint density at radius 2 is 1.96 bits per heavy atom. The minimum Gasteiger partial charge on any atom is -0.482 e. The van der Waals surface area contributed by atoms with Gasteiger partial charge in [-0.05, 0) is 42.7 Å². The molecule has 0 fully saturated rings. The van der Waals surface area contributed by atoms with Gasteiger partial charge in [-0.15, -0.1) is 0 Å². The molecule has 0 spiro atoms. The summed E-state index contributed by atoms with van der Waals surface area (Å²) in [5.74, 6) is 0.00288. The van der Waals surface area contributed by atoms with Crippen LogP contribution in [-0.4, -0.2) is 38.3 Å². The lowest BCUT2D eigenvalue weighted by atomic mass is 10.0. The van der Waals surface area contributed by atoms with Crippen LogP contribution < -0.4 is 10.1 Å². The lowest BCUT2D eigenvalue weighted by molar-refractivity contribution is -0.122. The van der Waals surface area contributed by atoms with Crippen molar-refractivity contribution in [3.05, 3.63) is 58.6 Å².